The van der Waals surface area contributed by atoms with Crippen molar-refractivity contribution < 1.29 is 18.3 Å². The summed E-state index contributed by atoms with van der Waals surface area (Å²) in [6.45, 7) is 4.29. The molecule has 1 saturated heterocycles. The van der Waals surface area contributed by atoms with Gasteiger partial charge in [-0.1, -0.05) is 12.1 Å². The molecule has 1 aliphatic heterocycles. The number of nitrogens with zero attached hydrogens (tertiary/aromatic N) is 3. The Morgan fingerprint density at radius 3 is 2.49 bits per heavy atom. The van der Waals surface area contributed by atoms with Gasteiger partial charge in [0.2, 0.25) is 0 Å². The third-order valence-electron chi connectivity index (χ3n) is 9.04. The van der Waals surface area contributed by atoms with Crippen LogP contribution < -0.4 is 15.1 Å². The molecule has 8 nitrogen and oxygen atoms in total. The first-order chi connectivity index (χ1) is 17.6. The first-order valence-electron chi connectivity index (χ1n) is 13.4. The Bertz CT molecular complexity index is 1300. The number of rotatable bonds is 5. The number of benzene rings is 1. The number of nitrogens with one attached hydrogen (secondary N) is 1. The molecule has 1 aromatic carbocycles. The molecule has 1 aromatic heterocycles. The summed E-state index contributed by atoms with van der Waals surface area (Å²) in [7, 11) is -3.26. The summed E-state index contributed by atoms with van der Waals surface area (Å²) < 4.78 is 24.0. The Morgan fingerprint density at radius 1 is 1.08 bits per heavy atom. The van der Waals surface area contributed by atoms with Crippen molar-refractivity contribution in [1.29, 1.82) is 0 Å². The van der Waals surface area contributed by atoms with Crippen LogP contribution in [0.25, 0.3) is 0 Å². The first kappa shape index (κ1) is 24.7. The Labute approximate surface area is 219 Å². The zero-order chi connectivity index (χ0) is 25.9. The average molecular weight is 525 g/mol. The maximum Gasteiger partial charge on any atom is 0.270 e. The van der Waals surface area contributed by atoms with E-state index in [0.29, 0.717) is 28.3 Å². The lowest BCUT2D eigenvalue weighted by atomic mass is 9.52. The number of hydrogen-bond acceptors (Lipinski definition) is 7. The summed E-state index contributed by atoms with van der Waals surface area (Å²) in [5.74, 6) is 1.97. The van der Waals surface area contributed by atoms with Crippen LogP contribution in [0.15, 0.2) is 47.4 Å². The largest absolute Gasteiger partial charge is 0.390 e. The van der Waals surface area contributed by atoms with E-state index in [1.165, 1.54) is 6.26 Å². The van der Waals surface area contributed by atoms with Gasteiger partial charge in [0.25, 0.3) is 5.91 Å². The third kappa shape index (κ3) is 4.72. The van der Waals surface area contributed by atoms with Gasteiger partial charge >= 0.3 is 0 Å². The molecule has 2 unspecified atom stereocenters. The second kappa shape index (κ2) is 8.98. The fraction of sp³-hybridized carbons (Fsp3) is 0.571. The van der Waals surface area contributed by atoms with Gasteiger partial charge < -0.3 is 20.2 Å². The van der Waals surface area contributed by atoms with Crippen molar-refractivity contribution in [1.82, 2.24) is 10.3 Å². The fourth-order valence-electron chi connectivity index (χ4n) is 7.60. The minimum atomic E-state index is -3.26. The van der Waals surface area contributed by atoms with Crippen molar-refractivity contribution in [2.45, 2.75) is 61.6 Å². The van der Waals surface area contributed by atoms with Crippen LogP contribution in [0.3, 0.4) is 0 Å². The van der Waals surface area contributed by atoms with E-state index in [2.05, 4.69) is 22.0 Å². The second-order valence-corrected chi connectivity index (χ2v) is 13.8. The normalized spacial score (nSPS) is 33.0. The van der Waals surface area contributed by atoms with E-state index < -0.39 is 15.4 Å². The molecule has 5 fully saturated rings. The van der Waals surface area contributed by atoms with E-state index in [-0.39, 0.29) is 18.0 Å². The van der Waals surface area contributed by atoms with E-state index in [4.69, 9.17) is 4.98 Å². The SMILES string of the molecule is C[C@@H]1CN(c2cccc(S(C)(=O)=O)c2)CCN1c1cccc(C(=O)N[C@H]2C3CC4CC2C[C@](O)(C4)C3)n1. The number of pyridine rings is 1. The van der Waals surface area contributed by atoms with Crippen LogP contribution in [0.1, 0.15) is 49.5 Å². The minimum absolute atomic E-state index is 0.125. The van der Waals surface area contributed by atoms with Crippen LogP contribution in [0, 0.1) is 17.8 Å². The summed E-state index contributed by atoms with van der Waals surface area (Å²) in [6.07, 6.45) is 5.96. The van der Waals surface area contributed by atoms with E-state index in [9.17, 15) is 18.3 Å². The van der Waals surface area contributed by atoms with Gasteiger partial charge in [0.15, 0.2) is 9.84 Å². The number of hydrogen-bond donors (Lipinski definition) is 2. The lowest BCUT2D eigenvalue weighted by Crippen LogP contribution is -2.61. The molecule has 0 radical (unpaired) electrons. The number of anilines is 2. The van der Waals surface area contributed by atoms with E-state index in [1.54, 1.807) is 24.3 Å². The Hall–Kier alpha value is -2.65. The molecule has 1 amide bonds. The van der Waals surface area contributed by atoms with Crippen LogP contribution in [-0.2, 0) is 9.84 Å². The van der Waals surface area contributed by atoms with E-state index in [1.807, 2.05) is 18.2 Å². The average Bonchev–Trinajstić information content (AvgIpc) is 2.85. The summed E-state index contributed by atoms with van der Waals surface area (Å²) >= 11 is 0. The zero-order valence-corrected chi connectivity index (χ0v) is 22.3. The molecular formula is C28H36N4O4S. The maximum atomic E-state index is 13.3. The topological polar surface area (TPSA) is 103 Å². The molecular weight excluding hydrogens is 488 g/mol. The van der Waals surface area contributed by atoms with Crippen LogP contribution in [0.2, 0.25) is 0 Å². The minimum Gasteiger partial charge on any atom is -0.390 e. The Morgan fingerprint density at radius 2 is 1.81 bits per heavy atom. The molecule has 0 spiro atoms. The van der Waals surface area contributed by atoms with E-state index >= 15 is 0 Å². The van der Waals surface area contributed by atoms with Crippen molar-refractivity contribution in [3.05, 3.63) is 48.2 Å². The highest BCUT2D eigenvalue weighted by Crippen LogP contribution is 2.55. The standard InChI is InChI=1S/C28H36N4O4S/c1-18-17-31(22-5-3-6-23(13-22)37(2,35)36)9-10-32(18)25-8-4-7-24(29-25)27(33)30-26-20-11-19-12-21(26)16-28(34,14-19)15-20/h3-8,13,18-21,26,34H,9-12,14-17H2,1-2H3,(H,30,33)/t18-,19?,20?,21?,26-,28-/m1/s1. The predicted molar refractivity (Wildman–Crippen MR) is 143 cm³/mol. The molecule has 3 atom stereocenters. The van der Waals surface area contributed by atoms with Crippen molar-refractivity contribution in [2.75, 3.05) is 35.7 Å². The van der Waals surface area contributed by atoms with Crippen LogP contribution in [0.5, 0.6) is 0 Å². The number of carbonyl (C=O) groups excluding carboxylic acids is 1. The van der Waals surface area contributed by atoms with Gasteiger partial charge in [-0.05, 0) is 87.1 Å². The summed E-state index contributed by atoms with van der Waals surface area (Å²) in [5, 5.41) is 14.2. The number of aliphatic hydroxyl groups is 1. The first-order valence-corrected chi connectivity index (χ1v) is 15.3. The second-order valence-electron chi connectivity index (χ2n) is 11.8. The van der Waals surface area contributed by atoms with Crippen molar-refractivity contribution in [3.8, 4) is 0 Å². The highest BCUT2D eigenvalue weighted by molar-refractivity contribution is 7.90. The van der Waals surface area contributed by atoms with Gasteiger partial charge in [0, 0.05) is 43.7 Å². The molecule has 4 saturated carbocycles. The highest BCUT2D eigenvalue weighted by Gasteiger charge is 2.55. The predicted octanol–water partition coefficient (Wildman–Crippen LogP) is 2.87. The maximum absolute atomic E-state index is 13.3. The third-order valence-corrected chi connectivity index (χ3v) is 10.1. The number of aromatic nitrogens is 1. The molecule has 7 rings (SSSR count). The van der Waals surface area contributed by atoms with Gasteiger partial charge in [-0.15, -0.1) is 0 Å². The van der Waals surface area contributed by atoms with Crippen molar-refractivity contribution >= 4 is 27.2 Å². The molecule has 198 valence electrons. The van der Waals surface area contributed by atoms with E-state index in [0.717, 1.165) is 63.2 Å². The number of sulfone groups is 1. The lowest BCUT2D eigenvalue weighted by Gasteiger charge is -2.58. The summed E-state index contributed by atoms with van der Waals surface area (Å²) in [5.41, 5.74) is 0.816. The van der Waals surface area contributed by atoms with Crippen LogP contribution in [-0.4, -0.2) is 68.0 Å². The zero-order valence-electron chi connectivity index (χ0n) is 21.5. The summed E-state index contributed by atoms with van der Waals surface area (Å²) in [6, 6.07) is 13.0. The Kier molecular flexibility index (Phi) is 5.99. The van der Waals surface area contributed by atoms with Gasteiger partial charge in [-0.3, -0.25) is 4.79 Å². The molecule has 9 heteroatoms. The van der Waals surface area contributed by atoms with Crippen LogP contribution >= 0.6 is 0 Å². The molecule has 5 aliphatic rings. The number of carbonyl (C=O) groups is 1. The van der Waals surface area contributed by atoms with Crippen molar-refractivity contribution in [3.63, 3.8) is 0 Å². The Balaban J connectivity index is 1.13. The number of amides is 1. The molecule has 2 N–H and O–H groups in total. The molecule has 4 aliphatic carbocycles. The van der Waals surface area contributed by atoms with Gasteiger partial charge in [-0.2, -0.15) is 0 Å². The summed E-state index contributed by atoms with van der Waals surface area (Å²) in [4.78, 5) is 22.8. The highest BCUT2D eigenvalue weighted by atomic mass is 32.2. The van der Waals surface area contributed by atoms with Gasteiger partial charge in [-0.25, -0.2) is 13.4 Å². The molecule has 4 bridgehead atoms. The fourth-order valence-corrected chi connectivity index (χ4v) is 8.26. The van der Waals surface area contributed by atoms with Gasteiger partial charge in [0.1, 0.15) is 11.5 Å². The van der Waals surface area contributed by atoms with Crippen molar-refractivity contribution in [2.24, 2.45) is 17.8 Å². The smallest absolute Gasteiger partial charge is 0.270 e. The lowest BCUT2D eigenvalue weighted by molar-refractivity contribution is -0.136. The van der Waals surface area contributed by atoms with Gasteiger partial charge in [0.05, 0.1) is 10.5 Å². The monoisotopic (exact) mass is 524 g/mol. The quantitative estimate of drug-likeness (QED) is 0.620. The molecule has 2 heterocycles. The number of piperazine rings is 1. The van der Waals surface area contributed by atoms with Crippen LogP contribution in [0.4, 0.5) is 11.5 Å². The molecule has 2 aromatic rings. The molecule has 37 heavy (non-hydrogen) atoms.